The highest BCUT2D eigenvalue weighted by atomic mass is 79.9. The molecule has 0 bridgehead atoms. The summed E-state index contributed by atoms with van der Waals surface area (Å²) < 4.78 is 5.80. The number of halogens is 1. The van der Waals surface area contributed by atoms with E-state index in [4.69, 9.17) is 9.84 Å². The van der Waals surface area contributed by atoms with Crippen LogP contribution in [0.3, 0.4) is 0 Å². The van der Waals surface area contributed by atoms with Crippen molar-refractivity contribution in [3.8, 4) is 5.75 Å². The van der Waals surface area contributed by atoms with Gasteiger partial charge in [0, 0.05) is 25.7 Å². The van der Waals surface area contributed by atoms with E-state index in [1.165, 1.54) is 4.90 Å². The number of hydrogen-bond donors (Lipinski definition) is 1. The van der Waals surface area contributed by atoms with Crippen molar-refractivity contribution in [3.63, 3.8) is 0 Å². The van der Waals surface area contributed by atoms with Crippen LogP contribution in [-0.4, -0.2) is 53.9 Å². The highest BCUT2D eigenvalue weighted by molar-refractivity contribution is 9.10. The van der Waals surface area contributed by atoms with Gasteiger partial charge in [-0.15, -0.1) is 0 Å². The Bertz CT molecular complexity index is 483. The topological polar surface area (TPSA) is 65.9 Å². The van der Waals surface area contributed by atoms with Crippen LogP contribution in [0.2, 0.25) is 0 Å². The Labute approximate surface area is 120 Å². The van der Waals surface area contributed by atoms with Crippen molar-refractivity contribution < 1.29 is 14.6 Å². The fourth-order valence-electron chi connectivity index (χ4n) is 2.20. The van der Waals surface area contributed by atoms with Gasteiger partial charge in [-0.25, -0.2) is 9.78 Å². The molecule has 1 atom stereocenters. The minimum atomic E-state index is -0.865. The maximum atomic E-state index is 10.9. The lowest BCUT2D eigenvalue weighted by Crippen LogP contribution is -2.53. The lowest BCUT2D eigenvalue weighted by atomic mass is 10.2. The maximum Gasteiger partial charge on any atom is 0.407 e. The Morgan fingerprint density at radius 1 is 1.53 bits per heavy atom. The molecular formula is C12H16BrN3O3. The normalized spacial score (nSPS) is 19.4. The Kier molecular flexibility index (Phi) is 4.14. The van der Waals surface area contributed by atoms with E-state index in [0.29, 0.717) is 30.0 Å². The molecule has 1 aromatic heterocycles. The molecule has 1 N–H and O–H groups in total. The molecule has 1 aliphatic heterocycles. The molecule has 1 unspecified atom stereocenters. The van der Waals surface area contributed by atoms with Gasteiger partial charge in [0.05, 0.1) is 7.11 Å². The molecule has 0 aromatic carbocycles. The molecule has 19 heavy (non-hydrogen) atoms. The summed E-state index contributed by atoms with van der Waals surface area (Å²) in [6.07, 6.45) is -0.865. The van der Waals surface area contributed by atoms with Crippen LogP contribution < -0.4 is 9.64 Å². The standard InChI is InChI=1S/C12H16BrN3O3/c1-8-7-15(12(17)18)5-6-16(8)10-4-3-9(19-2)11(13)14-10/h3-4,8H,5-7H2,1-2H3,(H,17,18). The lowest BCUT2D eigenvalue weighted by molar-refractivity contribution is 0.136. The van der Waals surface area contributed by atoms with Gasteiger partial charge in [-0.1, -0.05) is 0 Å². The smallest absolute Gasteiger partial charge is 0.407 e. The number of amides is 1. The van der Waals surface area contributed by atoms with Crippen molar-refractivity contribution in [2.24, 2.45) is 0 Å². The third-order valence-corrected chi connectivity index (χ3v) is 3.78. The number of carboxylic acid groups (broad SMARTS) is 1. The van der Waals surface area contributed by atoms with E-state index in [0.717, 1.165) is 5.82 Å². The maximum absolute atomic E-state index is 10.9. The van der Waals surface area contributed by atoms with E-state index < -0.39 is 6.09 Å². The number of piperazine rings is 1. The summed E-state index contributed by atoms with van der Waals surface area (Å²) in [5, 5.41) is 8.99. The van der Waals surface area contributed by atoms with Crippen LogP contribution >= 0.6 is 15.9 Å². The van der Waals surface area contributed by atoms with Gasteiger partial charge in [0.15, 0.2) is 5.75 Å². The lowest BCUT2D eigenvalue weighted by Gasteiger charge is -2.39. The summed E-state index contributed by atoms with van der Waals surface area (Å²) in [4.78, 5) is 18.9. The van der Waals surface area contributed by atoms with E-state index in [-0.39, 0.29) is 6.04 Å². The Morgan fingerprint density at radius 2 is 2.26 bits per heavy atom. The molecule has 1 aliphatic rings. The Morgan fingerprint density at radius 3 is 2.79 bits per heavy atom. The second-order valence-corrected chi connectivity index (χ2v) is 5.18. The largest absolute Gasteiger partial charge is 0.494 e. The van der Waals surface area contributed by atoms with Gasteiger partial charge in [-0.05, 0) is 35.0 Å². The van der Waals surface area contributed by atoms with Gasteiger partial charge in [-0.3, -0.25) is 0 Å². The number of methoxy groups -OCH3 is 1. The van der Waals surface area contributed by atoms with Crippen molar-refractivity contribution in [1.29, 1.82) is 0 Å². The molecule has 0 radical (unpaired) electrons. The van der Waals surface area contributed by atoms with Gasteiger partial charge in [0.25, 0.3) is 0 Å². The monoisotopic (exact) mass is 329 g/mol. The fraction of sp³-hybridized carbons (Fsp3) is 0.500. The molecule has 2 heterocycles. The average Bonchev–Trinajstić information content (AvgIpc) is 2.38. The number of nitrogens with zero attached hydrogens (tertiary/aromatic N) is 3. The quantitative estimate of drug-likeness (QED) is 0.841. The molecule has 6 nitrogen and oxygen atoms in total. The molecule has 0 spiro atoms. The molecule has 2 rings (SSSR count). The summed E-state index contributed by atoms with van der Waals surface area (Å²) >= 11 is 3.36. The van der Waals surface area contributed by atoms with Crippen molar-refractivity contribution >= 4 is 27.8 Å². The Hall–Kier alpha value is -1.50. The van der Waals surface area contributed by atoms with Gasteiger partial charge in [0.1, 0.15) is 10.4 Å². The van der Waals surface area contributed by atoms with Gasteiger partial charge in [-0.2, -0.15) is 0 Å². The molecule has 0 saturated carbocycles. The second-order valence-electron chi connectivity index (χ2n) is 4.43. The molecular weight excluding hydrogens is 314 g/mol. The van der Waals surface area contributed by atoms with E-state index in [1.54, 1.807) is 7.11 Å². The van der Waals surface area contributed by atoms with Crippen LogP contribution in [0.5, 0.6) is 5.75 Å². The van der Waals surface area contributed by atoms with Gasteiger partial charge < -0.3 is 19.6 Å². The number of ether oxygens (including phenoxy) is 1. The molecule has 1 amide bonds. The van der Waals surface area contributed by atoms with Gasteiger partial charge in [0.2, 0.25) is 0 Å². The molecule has 7 heteroatoms. The fourth-order valence-corrected chi connectivity index (χ4v) is 2.67. The molecule has 1 fully saturated rings. The number of carbonyl (C=O) groups is 1. The summed E-state index contributed by atoms with van der Waals surface area (Å²) in [5.41, 5.74) is 0. The average molecular weight is 330 g/mol. The van der Waals surface area contributed by atoms with Crippen LogP contribution in [0.25, 0.3) is 0 Å². The Balaban J connectivity index is 2.15. The van der Waals surface area contributed by atoms with Crippen LogP contribution in [0.15, 0.2) is 16.7 Å². The van der Waals surface area contributed by atoms with Gasteiger partial charge >= 0.3 is 6.09 Å². The predicted octanol–water partition coefficient (Wildman–Crippen LogP) is 2.04. The molecule has 1 aromatic rings. The number of hydrogen-bond acceptors (Lipinski definition) is 4. The first-order chi connectivity index (χ1) is 9.02. The zero-order valence-electron chi connectivity index (χ0n) is 10.8. The third kappa shape index (κ3) is 2.91. The summed E-state index contributed by atoms with van der Waals surface area (Å²) in [7, 11) is 1.59. The minimum absolute atomic E-state index is 0.0950. The second kappa shape index (κ2) is 5.64. The van der Waals surface area contributed by atoms with Crippen LogP contribution in [0.1, 0.15) is 6.92 Å². The summed E-state index contributed by atoms with van der Waals surface area (Å²) in [6.45, 7) is 3.61. The minimum Gasteiger partial charge on any atom is -0.494 e. The van der Waals surface area contributed by atoms with E-state index in [1.807, 2.05) is 19.1 Å². The van der Waals surface area contributed by atoms with Crippen LogP contribution in [0, 0.1) is 0 Å². The SMILES string of the molecule is COc1ccc(N2CCN(C(=O)O)CC2C)nc1Br. The summed E-state index contributed by atoms with van der Waals surface area (Å²) in [6, 6.07) is 3.83. The number of rotatable bonds is 2. The number of anilines is 1. The van der Waals surface area contributed by atoms with Crippen LogP contribution in [0.4, 0.5) is 10.6 Å². The first-order valence-corrected chi connectivity index (χ1v) is 6.77. The number of pyridine rings is 1. The highest BCUT2D eigenvalue weighted by Crippen LogP contribution is 2.27. The van der Waals surface area contributed by atoms with Crippen molar-refractivity contribution in [3.05, 3.63) is 16.7 Å². The van der Waals surface area contributed by atoms with E-state index >= 15 is 0 Å². The van der Waals surface area contributed by atoms with E-state index in [2.05, 4.69) is 25.8 Å². The van der Waals surface area contributed by atoms with Crippen molar-refractivity contribution in [1.82, 2.24) is 9.88 Å². The van der Waals surface area contributed by atoms with Crippen LogP contribution in [-0.2, 0) is 0 Å². The zero-order valence-corrected chi connectivity index (χ0v) is 12.4. The van der Waals surface area contributed by atoms with Crippen molar-refractivity contribution in [2.45, 2.75) is 13.0 Å². The van der Waals surface area contributed by atoms with E-state index in [9.17, 15) is 4.79 Å². The third-order valence-electron chi connectivity index (χ3n) is 3.21. The first kappa shape index (κ1) is 13.9. The highest BCUT2D eigenvalue weighted by Gasteiger charge is 2.27. The van der Waals surface area contributed by atoms with Crippen molar-refractivity contribution in [2.75, 3.05) is 31.6 Å². The molecule has 104 valence electrons. The first-order valence-electron chi connectivity index (χ1n) is 5.98. The molecule has 1 saturated heterocycles. The summed E-state index contributed by atoms with van der Waals surface area (Å²) in [5.74, 6) is 1.51. The number of aromatic nitrogens is 1. The molecule has 0 aliphatic carbocycles. The predicted molar refractivity (Wildman–Crippen MR) is 74.9 cm³/mol. The zero-order chi connectivity index (χ0) is 14.0.